The second-order valence-electron chi connectivity index (χ2n) is 5.92. The van der Waals surface area contributed by atoms with E-state index in [9.17, 15) is 13.6 Å². The maximum atomic E-state index is 12.7. The van der Waals surface area contributed by atoms with Crippen LogP contribution in [0.25, 0.3) is 21.8 Å². The number of rotatable bonds is 4. The van der Waals surface area contributed by atoms with Crippen LogP contribution in [0.15, 0.2) is 54.6 Å². The fourth-order valence-electron chi connectivity index (χ4n) is 2.82. The molecule has 0 atom stereocenters. The smallest absolute Gasteiger partial charge is 0.343 e. The van der Waals surface area contributed by atoms with Crippen molar-refractivity contribution in [2.45, 2.75) is 6.43 Å². The van der Waals surface area contributed by atoms with Crippen molar-refractivity contribution in [3.63, 3.8) is 0 Å². The first-order valence-corrected chi connectivity index (χ1v) is 8.11. The fourth-order valence-corrected chi connectivity index (χ4v) is 2.82. The zero-order valence-electron chi connectivity index (χ0n) is 14.2. The highest BCUT2D eigenvalue weighted by molar-refractivity contribution is 5.95. The molecule has 7 heteroatoms. The summed E-state index contributed by atoms with van der Waals surface area (Å²) in [6.45, 7) is 0. The lowest BCUT2D eigenvalue weighted by Gasteiger charge is -2.07. The lowest BCUT2D eigenvalue weighted by Crippen LogP contribution is -2.08. The topological polar surface area (TPSA) is 64.2 Å². The van der Waals surface area contributed by atoms with E-state index >= 15 is 0 Å². The van der Waals surface area contributed by atoms with E-state index in [1.54, 1.807) is 19.2 Å². The monoisotopic (exact) mass is 368 g/mol. The number of nitrogens with zero attached hydrogens (tertiary/aromatic N) is 1. The second-order valence-corrected chi connectivity index (χ2v) is 5.92. The Morgan fingerprint density at radius 2 is 1.74 bits per heavy atom. The number of nitrogens with one attached hydrogen (secondary N) is 1. The van der Waals surface area contributed by atoms with E-state index in [0.717, 1.165) is 10.8 Å². The molecule has 0 aliphatic heterocycles. The number of aromatic amines is 1. The van der Waals surface area contributed by atoms with Gasteiger partial charge in [-0.05, 0) is 53.2 Å². The first kappa shape index (κ1) is 17.0. The maximum absolute atomic E-state index is 12.7. The summed E-state index contributed by atoms with van der Waals surface area (Å²) in [7, 11) is 1.58. The molecule has 27 heavy (non-hydrogen) atoms. The molecule has 0 saturated carbocycles. The minimum Gasteiger partial charge on any atom is -0.497 e. The number of carbonyl (C=O) groups is 1. The molecule has 0 fully saturated rings. The number of aromatic nitrogens is 2. The Morgan fingerprint density at radius 1 is 1.00 bits per heavy atom. The van der Waals surface area contributed by atoms with Crippen molar-refractivity contribution in [2.24, 2.45) is 0 Å². The molecule has 1 N–H and O–H groups in total. The van der Waals surface area contributed by atoms with Gasteiger partial charge in [0.1, 0.15) is 11.5 Å². The molecule has 5 nitrogen and oxygen atoms in total. The molecule has 4 rings (SSSR count). The van der Waals surface area contributed by atoms with Gasteiger partial charge in [-0.1, -0.05) is 12.1 Å². The van der Waals surface area contributed by atoms with Crippen molar-refractivity contribution in [3.05, 3.63) is 66.0 Å². The third kappa shape index (κ3) is 3.31. The van der Waals surface area contributed by atoms with Gasteiger partial charge in [0.05, 0.1) is 23.7 Å². The molecule has 0 radical (unpaired) electrons. The third-order valence-electron chi connectivity index (χ3n) is 4.17. The summed E-state index contributed by atoms with van der Waals surface area (Å²) in [5.74, 6) is 0.0515. The molecule has 0 amide bonds. The minimum atomic E-state index is -2.71. The van der Waals surface area contributed by atoms with Crippen LogP contribution in [-0.2, 0) is 0 Å². The number of halogens is 2. The number of H-pyrrole nitrogens is 1. The standard InChI is InChI=1S/C20H14F2N2O3/c1-26-14-5-2-11-3-6-15(9-13(11)8-14)27-20(25)12-4-7-16-17(10-12)24-19(23-16)18(21)22/h2-10,18H,1H3,(H,23,24). The first-order chi connectivity index (χ1) is 13.0. The number of fused-ring (bicyclic) bond motifs is 2. The highest BCUT2D eigenvalue weighted by Crippen LogP contribution is 2.26. The molecule has 136 valence electrons. The number of hydrogen-bond donors (Lipinski definition) is 1. The number of alkyl halides is 2. The van der Waals surface area contributed by atoms with Gasteiger partial charge >= 0.3 is 5.97 Å². The van der Waals surface area contributed by atoms with E-state index in [0.29, 0.717) is 22.5 Å². The van der Waals surface area contributed by atoms with Crippen LogP contribution in [0.1, 0.15) is 22.6 Å². The summed E-state index contributed by atoms with van der Waals surface area (Å²) >= 11 is 0. The zero-order valence-corrected chi connectivity index (χ0v) is 14.2. The van der Waals surface area contributed by atoms with Crippen molar-refractivity contribution in [1.29, 1.82) is 0 Å². The van der Waals surface area contributed by atoms with Crippen LogP contribution in [0.4, 0.5) is 8.78 Å². The number of benzene rings is 3. The van der Waals surface area contributed by atoms with Crippen molar-refractivity contribution in [2.75, 3.05) is 7.11 Å². The average molecular weight is 368 g/mol. The fraction of sp³-hybridized carbons (Fsp3) is 0.100. The van der Waals surface area contributed by atoms with Gasteiger partial charge in [-0.25, -0.2) is 18.6 Å². The molecule has 0 spiro atoms. The summed E-state index contributed by atoms with van der Waals surface area (Å²) in [6.07, 6.45) is -2.71. The lowest BCUT2D eigenvalue weighted by atomic mass is 10.1. The van der Waals surface area contributed by atoms with Gasteiger partial charge in [-0.15, -0.1) is 0 Å². The summed E-state index contributed by atoms with van der Waals surface area (Å²) in [5, 5.41) is 1.85. The van der Waals surface area contributed by atoms with Crippen molar-refractivity contribution in [1.82, 2.24) is 9.97 Å². The van der Waals surface area contributed by atoms with E-state index < -0.39 is 18.2 Å². The van der Waals surface area contributed by atoms with Gasteiger partial charge in [0.25, 0.3) is 6.43 Å². The molecule has 3 aromatic carbocycles. The van der Waals surface area contributed by atoms with Gasteiger partial charge in [-0.2, -0.15) is 0 Å². The molecule has 0 aliphatic carbocycles. The van der Waals surface area contributed by atoms with Gasteiger partial charge < -0.3 is 14.5 Å². The van der Waals surface area contributed by atoms with Gasteiger partial charge in [0.15, 0.2) is 5.82 Å². The third-order valence-corrected chi connectivity index (χ3v) is 4.17. The summed E-state index contributed by atoms with van der Waals surface area (Å²) in [6, 6.07) is 15.3. The van der Waals surface area contributed by atoms with Crippen LogP contribution in [0.2, 0.25) is 0 Å². The predicted molar refractivity (Wildman–Crippen MR) is 96.5 cm³/mol. The quantitative estimate of drug-likeness (QED) is 0.412. The Morgan fingerprint density at radius 3 is 2.48 bits per heavy atom. The number of hydrogen-bond acceptors (Lipinski definition) is 4. The molecule has 0 unspecified atom stereocenters. The number of esters is 1. The highest BCUT2D eigenvalue weighted by Gasteiger charge is 2.15. The van der Waals surface area contributed by atoms with Crippen molar-refractivity contribution < 1.29 is 23.0 Å². The molecule has 0 saturated heterocycles. The SMILES string of the molecule is COc1ccc2ccc(OC(=O)c3ccc4nc(C(F)F)[nH]c4c3)cc2c1. The van der Waals surface area contributed by atoms with Crippen molar-refractivity contribution >= 4 is 27.8 Å². The second kappa shape index (κ2) is 6.68. The summed E-state index contributed by atoms with van der Waals surface area (Å²) < 4.78 is 36.1. The molecule has 0 aliphatic rings. The van der Waals surface area contributed by atoms with E-state index in [4.69, 9.17) is 9.47 Å². The Balaban J connectivity index is 1.61. The highest BCUT2D eigenvalue weighted by atomic mass is 19.3. The Bertz CT molecular complexity index is 1150. The predicted octanol–water partition coefficient (Wildman–Crippen LogP) is 4.88. The van der Waals surface area contributed by atoms with Crippen LogP contribution in [-0.4, -0.2) is 23.0 Å². The van der Waals surface area contributed by atoms with Crippen LogP contribution in [0.5, 0.6) is 11.5 Å². The Labute approximate surface area is 152 Å². The molecule has 0 bridgehead atoms. The average Bonchev–Trinajstić information content (AvgIpc) is 3.11. The van der Waals surface area contributed by atoms with Crippen LogP contribution in [0.3, 0.4) is 0 Å². The molecule has 1 aromatic heterocycles. The molecule has 4 aromatic rings. The van der Waals surface area contributed by atoms with Crippen molar-refractivity contribution in [3.8, 4) is 11.5 Å². The minimum absolute atomic E-state index is 0.234. The maximum Gasteiger partial charge on any atom is 0.343 e. The zero-order chi connectivity index (χ0) is 19.0. The largest absolute Gasteiger partial charge is 0.497 e. The Kier molecular flexibility index (Phi) is 4.19. The Hall–Kier alpha value is -3.48. The molecular formula is C20H14F2N2O3. The lowest BCUT2D eigenvalue weighted by molar-refractivity contribution is 0.0735. The first-order valence-electron chi connectivity index (χ1n) is 8.11. The van der Waals surface area contributed by atoms with Gasteiger partial charge in [-0.3, -0.25) is 0 Å². The van der Waals surface area contributed by atoms with Crippen LogP contribution < -0.4 is 9.47 Å². The number of carbonyl (C=O) groups excluding carboxylic acids is 1. The number of methoxy groups -OCH3 is 1. The summed E-state index contributed by atoms with van der Waals surface area (Å²) in [4.78, 5) is 18.7. The van der Waals surface area contributed by atoms with Crippen LogP contribution in [0, 0.1) is 0 Å². The summed E-state index contributed by atoms with van der Waals surface area (Å²) in [5.41, 5.74) is 0.945. The van der Waals surface area contributed by atoms with Crippen LogP contribution >= 0.6 is 0 Å². The van der Waals surface area contributed by atoms with Gasteiger partial charge in [0, 0.05) is 0 Å². The van der Waals surface area contributed by atoms with E-state index in [1.165, 1.54) is 18.2 Å². The molecular weight excluding hydrogens is 354 g/mol. The number of ether oxygens (including phenoxy) is 2. The normalized spacial score (nSPS) is 11.3. The van der Waals surface area contributed by atoms with E-state index in [-0.39, 0.29) is 5.56 Å². The molecule has 1 heterocycles. The van der Waals surface area contributed by atoms with Gasteiger partial charge in [0.2, 0.25) is 0 Å². The number of imidazole rings is 1. The van der Waals surface area contributed by atoms with E-state index in [1.807, 2.05) is 24.3 Å². The van der Waals surface area contributed by atoms with E-state index in [2.05, 4.69) is 9.97 Å².